The molecule has 1 fully saturated rings. The zero-order chi connectivity index (χ0) is 12.9. The van der Waals surface area contributed by atoms with Crippen molar-refractivity contribution in [3.63, 3.8) is 0 Å². The average Bonchev–Trinajstić information content (AvgIpc) is 1.98. The summed E-state index contributed by atoms with van der Waals surface area (Å²) >= 11 is 0. The Morgan fingerprint density at radius 3 is 1.94 bits per heavy atom. The summed E-state index contributed by atoms with van der Waals surface area (Å²) in [4.78, 5) is 1.83. The van der Waals surface area contributed by atoms with Crippen LogP contribution in [0.3, 0.4) is 0 Å². The van der Waals surface area contributed by atoms with Crippen LogP contribution in [0.25, 0.3) is 0 Å². The van der Waals surface area contributed by atoms with E-state index >= 15 is 0 Å². The standard InChI is InChI=1S/C7H15N3O.H2O4S/c1-5-3-10(7(8)9)4-6(2)11-5;1-5(2,3)4/h5-6H,3-4H2,1-2H3,(H3,8,9);(H2,1,2,3,4). The predicted molar refractivity (Wildman–Crippen MR) is 57.7 cm³/mol. The van der Waals surface area contributed by atoms with Gasteiger partial charge in [0.25, 0.3) is 0 Å². The normalized spacial score (nSPS) is 25.6. The molecule has 1 rings (SSSR count). The highest BCUT2D eigenvalue weighted by atomic mass is 32.3. The van der Waals surface area contributed by atoms with Crippen molar-refractivity contribution in [1.29, 1.82) is 5.41 Å². The smallest absolute Gasteiger partial charge is 0.372 e. The molecule has 96 valence electrons. The summed E-state index contributed by atoms with van der Waals surface area (Å²) in [5.41, 5.74) is 5.35. The minimum atomic E-state index is -4.67. The van der Waals surface area contributed by atoms with Gasteiger partial charge in [-0.15, -0.1) is 0 Å². The number of nitrogens with two attached hydrogens (primary N) is 1. The lowest BCUT2D eigenvalue weighted by Crippen LogP contribution is -2.50. The summed E-state index contributed by atoms with van der Waals surface area (Å²) in [6.45, 7) is 5.45. The Morgan fingerprint density at radius 1 is 1.38 bits per heavy atom. The van der Waals surface area contributed by atoms with E-state index in [1.807, 2.05) is 18.7 Å². The van der Waals surface area contributed by atoms with E-state index in [0.717, 1.165) is 13.1 Å². The van der Waals surface area contributed by atoms with Crippen LogP contribution in [0.5, 0.6) is 0 Å². The minimum Gasteiger partial charge on any atom is -0.372 e. The first-order valence-electron chi connectivity index (χ1n) is 4.54. The molecular weight excluding hydrogens is 238 g/mol. The van der Waals surface area contributed by atoms with Crippen LogP contribution in [0.15, 0.2) is 0 Å². The number of nitrogens with zero attached hydrogens (tertiary/aromatic N) is 1. The Balaban J connectivity index is 0.000000385. The van der Waals surface area contributed by atoms with Crippen LogP contribution in [-0.4, -0.2) is 53.7 Å². The van der Waals surface area contributed by atoms with Gasteiger partial charge in [-0.05, 0) is 13.8 Å². The number of morpholine rings is 1. The molecule has 1 aliphatic rings. The fourth-order valence-electron chi connectivity index (χ4n) is 1.37. The topological polar surface area (TPSA) is 137 Å². The maximum absolute atomic E-state index is 8.74. The first-order chi connectivity index (χ1) is 7.09. The molecule has 0 aromatic rings. The fourth-order valence-corrected chi connectivity index (χ4v) is 1.37. The molecule has 16 heavy (non-hydrogen) atoms. The molecule has 0 radical (unpaired) electrons. The van der Waals surface area contributed by atoms with E-state index in [-0.39, 0.29) is 18.2 Å². The van der Waals surface area contributed by atoms with Crippen molar-refractivity contribution in [2.24, 2.45) is 5.73 Å². The first kappa shape index (κ1) is 15.1. The van der Waals surface area contributed by atoms with E-state index in [4.69, 9.17) is 33.4 Å². The van der Waals surface area contributed by atoms with E-state index < -0.39 is 10.4 Å². The van der Waals surface area contributed by atoms with Crippen molar-refractivity contribution in [3.05, 3.63) is 0 Å². The number of hydrogen-bond acceptors (Lipinski definition) is 4. The summed E-state index contributed by atoms with van der Waals surface area (Å²) in [6.07, 6.45) is 0.366. The molecule has 8 nitrogen and oxygen atoms in total. The van der Waals surface area contributed by atoms with Gasteiger partial charge in [0.05, 0.1) is 12.2 Å². The van der Waals surface area contributed by atoms with Crippen LogP contribution in [0, 0.1) is 5.41 Å². The van der Waals surface area contributed by atoms with Crippen molar-refractivity contribution in [3.8, 4) is 0 Å². The largest absolute Gasteiger partial charge is 0.394 e. The van der Waals surface area contributed by atoms with Crippen molar-refractivity contribution < 1.29 is 22.3 Å². The zero-order valence-electron chi connectivity index (χ0n) is 9.12. The van der Waals surface area contributed by atoms with Gasteiger partial charge in [-0.1, -0.05) is 0 Å². The third-order valence-corrected chi connectivity index (χ3v) is 1.76. The number of ether oxygens (including phenoxy) is 1. The van der Waals surface area contributed by atoms with Gasteiger partial charge < -0.3 is 15.4 Å². The van der Waals surface area contributed by atoms with Gasteiger partial charge in [-0.25, -0.2) is 0 Å². The Labute approximate surface area is 94.5 Å². The third kappa shape index (κ3) is 8.41. The third-order valence-electron chi connectivity index (χ3n) is 1.76. The molecule has 9 heteroatoms. The number of guanidine groups is 1. The molecule has 0 aromatic carbocycles. The summed E-state index contributed by atoms with van der Waals surface area (Å²) in [7, 11) is -4.67. The van der Waals surface area contributed by atoms with Crippen LogP contribution >= 0.6 is 0 Å². The number of nitrogens with one attached hydrogen (secondary N) is 1. The first-order valence-corrected chi connectivity index (χ1v) is 5.93. The van der Waals surface area contributed by atoms with Crippen LogP contribution in [0.4, 0.5) is 0 Å². The molecule has 0 aromatic heterocycles. The van der Waals surface area contributed by atoms with Gasteiger partial charge in [0, 0.05) is 13.1 Å². The highest BCUT2D eigenvalue weighted by Crippen LogP contribution is 2.09. The quantitative estimate of drug-likeness (QED) is 0.256. The van der Waals surface area contributed by atoms with E-state index in [1.165, 1.54) is 0 Å². The molecule has 0 amide bonds. The highest BCUT2D eigenvalue weighted by Gasteiger charge is 2.22. The lowest BCUT2D eigenvalue weighted by atomic mass is 10.2. The van der Waals surface area contributed by atoms with Gasteiger partial charge >= 0.3 is 10.4 Å². The molecule has 1 heterocycles. The molecule has 0 bridgehead atoms. The Bertz CT molecular complexity index is 313. The second-order valence-corrected chi connectivity index (χ2v) is 4.39. The maximum atomic E-state index is 8.74. The van der Waals surface area contributed by atoms with Gasteiger partial charge in [0.1, 0.15) is 0 Å². The van der Waals surface area contributed by atoms with E-state index in [1.54, 1.807) is 0 Å². The molecular formula is C7H17N3O5S. The summed E-state index contributed by atoms with van der Waals surface area (Å²) in [5, 5.41) is 7.22. The van der Waals surface area contributed by atoms with E-state index in [9.17, 15) is 0 Å². The average molecular weight is 255 g/mol. The highest BCUT2D eigenvalue weighted by molar-refractivity contribution is 7.79. The molecule has 5 N–H and O–H groups in total. The van der Waals surface area contributed by atoms with Gasteiger partial charge in [-0.3, -0.25) is 14.5 Å². The van der Waals surface area contributed by atoms with Gasteiger partial charge in [0.2, 0.25) is 0 Å². The van der Waals surface area contributed by atoms with E-state index in [0.29, 0.717) is 0 Å². The second-order valence-electron chi connectivity index (χ2n) is 3.50. The molecule has 0 spiro atoms. The molecule has 1 aliphatic heterocycles. The Hall–Kier alpha value is -0.900. The monoisotopic (exact) mass is 255 g/mol. The fraction of sp³-hybridized carbons (Fsp3) is 0.857. The van der Waals surface area contributed by atoms with Gasteiger partial charge in [0.15, 0.2) is 5.96 Å². The maximum Gasteiger partial charge on any atom is 0.394 e. The lowest BCUT2D eigenvalue weighted by Gasteiger charge is -2.35. The summed E-state index contributed by atoms with van der Waals surface area (Å²) in [5.74, 6) is 0.145. The summed E-state index contributed by atoms with van der Waals surface area (Å²) < 4.78 is 37.1. The molecule has 2 atom stereocenters. The van der Waals surface area contributed by atoms with Crippen molar-refractivity contribution in [2.45, 2.75) is 26.1 Å². The SMILES string of the molecule is CC1CN(C(=N)N)CC(C)O1.O=S(=O)(O)O. The van der Waals surface area contributed by atoms with Crippen LogP contribution in [0.2, 0.25) is 0 Å². The lowest BCUT2D eigenvalue weighted by molar-refractivity contribution is -0.0485. The minimum absolute atomic E-state index is 0.145. The summed E-state index contributed by atoms with van der Waals surface area (Å²) in [6, 6.07) is 0. The second kappa shape index (κ2) is 5.99. The molecule has 1 saturated heterocycles. The van der Waals surface area contributed by atoms with Crippen LogP contribution in [0.1, 0.15) is 13.8 Å². The molecule has 0 saturated carbocycles. The van der Waals surface area contributed by atoms with Crippen molar-refractivity contribution in [1.82, 2.24) is 4.90 Å². The molecule has 0 aliphatic carbocycles. The van der Waals surface area contributed by atoms with Crippen LogP contribution < -0.4 is 5.73 Å². The van der Waals surface area contributed by atoms with Crippen molar-refractivity contribution >= 4 is 16.4 Å². The van der Waals surface area contributed by atoms with Gasteiger partial charge in [-0.2, -0.15) is 8.42 Å². The van der Waals surface area contributed by atoms with Crippen molar-refractivity contribution in [2.75, 3.05) is 13.1 Å². The van der Waals surface area contributed by atoms with Crippen LogP contribution in [-0.2, 0) is 15.1 Å². The van der Waals surface area contributed by atoms with E-state index in [2.05, 4.69) is 0 Å². The Kier molecular flexibility index (Phi) is 5.65. The number of rotatable bonds is 0. The number of hydrogen-bond donors (Lipinski definition) is 4. The predicted octanol–water partition coefficient (Wildman–Crippen LogP) is -0.664. The molecule has 2 unspecified atom stereocenters. The Morgan fingerprint density at radius 2 is 1.69 bits per heavy atom. The zero-order valence-corrected chi connectivity index (χ0v) is 9.94.